The topological polar surface area (TPSA) is 90.2 Å². The van der Waals surface area contributed by atoms with Crippen molar-refractivity contribution in [2.24, 2.45) is 0 Å². The van der Waals surface area contributed by atoms with Gasteiger partial charge in [0.1, 0.15) is 24.4 Å². The van der Waals surface area contributed by atoms with Crippen molar-refractivity contribution in [1.82, 2.24) is 0 Å². The Kier molecular flexibility index (Phi) is 7.11. The maximum absolute atomic E-state index is 9.81. The van der Waals surface area contributed by atoms with Gasteiger partial charge in [-0.2, -0.15) is 0 Å². The summed E-state index contributed by atoms with van der Waals surface area (Å²) in [6.45, 7) is 1.80. The van der Waals surface area contributed by atoms with E-state index in [9.17, 15) is 15.3 Å². The molecular weight excluding hydrogens is 236 g/mol. The minimum absolute atomic E-state index is 0.350. The normalized spacial score (nSPS) is 36.8. The van der Waals surface area contributed by atoms with Crippen LogP contribution in [0.25, 0.3) is 0 Å². The van der Waals surface area contributed by atoms with Crippen molar-refractivity contribution in [3.63, 3.8) is 0 Å². The molecule has 1 rings (SSSR count). The van der Waals surface area contributed by atoms with E-state index in [1.54, 1.807) is 0 Å². The van der Waals surface area contributed by atoms with Gasteiger partial charge in [-0.15, -0.1) is 0 Å². The molecule has 0 radical (unpaired) electrons. The third-order valence-electron chi connectivity index (χ3n) is 3.58. The Bertz CT molecular complexity index is 221. The summed E-state index contributed by atoms with van der Waals surface area (Å²) in [5.74, 6) is 0. The van der Waals surface area contributed by atoms with E-state index in [0.717, 1.165) is 19.3 Å². The van der Waals surface area contributed by atoms with Gasteiger partial charge >= 0.3 is 0 Å². The van der Waals surface area contributed by atoms with E-state index in [1.807, 2.05) is 0 Å². The van der Waals surface area contributed by atoms with Crippen LogP contribution >= 0.6 is 0 Å². The summed E-state index contributed by atoms with van der Waals surface area (Å²) in [5, 5.41) is 38.1. The minimum atomic E-state index is -1.24. The lowest BCUT2D eigenvalue weighted by Gasteiger charge is -2.40. The highest BCUT2D eigenvalue weighted by Crippen LogP contribution is 2.24. The molecule has 18 heavy (non-hydrogen) atoms. The Hall–Kier alpha value is -0.200. The highest BCUT2D eigenvalue weighted by molar-refractivity contribution is 4.91. The lowest BCUT2D eigenvalue weighted by Crippen LogP contribution is -2.58. The lowest BCUT2D eigenvalue weighted by molar-refractivity contribution is -0.230. The summed E-state index contributed by atoms with van der Waals surface area (Å²) in [7, 11) is 0. The van der Waals surface area contributed by atoms with Crippen LogP contribution in [0.15, 0.2) is 0 Å². The van der Waals surface area contributed by atoms with Crippen LogP contribution < -0.4 is 0 Å². The standard InChI is InChI=1S/C13H26O5/c1-2-3-4-5-6-7-9-11(15)13(17)12(16)10(8-14)18-9/h9-17H,2-8H2,1H3/t9-,10?,11?,12+,13-/m1/s1. The fraction of sp³-hybridized carbons (Fsp3) is 1.00. The first kappa shape index (κ1) is 15.9. The zero-order valence-electron chi connectivity index (χ0n) is 11.0. The van der Waals surface area contributed by atoms with Crippen LogP contribution in [0.5, 0.6) is 0 Å². The average molecular weight is 262 g/mol. The van der Waals surface area contributed by atoms with E-state index < -0.39 is 30.5 Å². The molecule has 0 saturated carbocycles. The molecule has 108 valence electrons. The molecule has 0 aromatic rings. The number of hydrogen-bond acceptors (Lipinski definition) is 5. The molecule has 1 fully saturated rings. The van der Waals surface area contributed by atoms with Crippen molar-refractivity contribution in [2.75, 3.05) is 6.61 Å². The lowest BCUT2D eigenvalue weighted by atomic mass is 9.92. The van der Waals surface area contributed by atoms with Crippen molar-refractivity contribution >= 4 is 0 Å². The van der Waals surface area contributed by atoms with Gasteiger partial charge in [0.25, 0.3) is 0 Å². The first-order valence-electron chi connectivity index (χ1n) is 6.92. The predicted octanol–water partition coefficient (Wildman–Crippen LogP) is 0.189. The summed E-state index contributed by atoms with van der Waals surface area (Å²) in [6, 6.07) is 0. The van der Waals surface area contributed by atoms with E-state index in [-0.39, 0.29) is 6.61 Å². The second kappa shape index (κ2) is 8.07. The summed E-state index contributed by atoms with van der Waals surface area (Å²) in [4.78, 5) is 0. The Morgan fingerprint density at radius 3 is 2.06 bits per heavy atom. The Labute approximate surface area is 108 Å². The Morgan fingerprint density at radius 1 is 0.833 bits per heavy atom. The Balaban J connectivity index is 2.35. The SMILES string of the molecule is CCCCCCC[C@H]1OC(CO)[C@H](O)[C@H](O)C1O. The first-order chi connectivity index (χ1) is 8.61. The van der Waals surface area contributed by atoms with Crippen LogP contribution in [0.2, 0.25) is 0 Å². The highest BCUT2D eigenvalue weighted by Gasteiger charge is 2.42. The fourth-order valence-electron chi connectivity index (χ4n) is 2.37. The molecule has 1 heterocycles. The number of aliphatic hydroxyl groups is 4. The van der Waals surface area contributed by atoms with Gasteiger partial charge in [0.15, 0.2) is 0 Å². The zero-order chi connectivity index (χ0) is 13.5. The van der Waals surface area contributed by atoms with Gasteiger partial charge in [-0.3, -0.25) is 0 Å². The van der Waals surface area contributed by atoms with E-state index in [2.05, 4.69) is 6.92 Å². The number of unbranched alkanes of at least 4 members (excludes halogenated alkanes) is 4. The maximum atomic E-state index is 9.81. The monoisotopic (exact) mass is 262 g/mol. The molecule has 5 nitrogen and oxygen atoms in total. The number of ether oxygens (including phenoxy) is 1. The molecule has 0 bridgehead atoms. The largest absolute Gasteiger partial charge is 0.394 e. The summed E-state index contributed by atoms with van der Waals surface area (Å²) >= 11 is 0. The second-order valence-corrected chi connectivity index (χ2v) is 5.07. The highest BCUT2D eigenvalue weighted by atomic mass is 16.5. The van der Waals surface area contributed by atoms with Gasteiger partial charge < -0.3 is 25.2 Å². The van der Waals surface area contributed by atoms with Gasteiger partial charge in [0.2, 0.25) is 0 Å². The summed E-state index contributed by atoms with van der Waals surface area (Å²) < 4.78 is 5.43. The quantitative estimate of drug-likeness (QED) is 0.492. The fourth-order valence-corrected chi connectivity index (χ4v) is 2.37. The molecule has 4 N–H and O–H groups in total. The summed E-state index contributed by atoms with van der Waals surface area (Å²) in [5.41, 5.74) is 0. The zero-order valence-corrected chi connectivity index (χ0v) is 11.0. The number of aliphatic hydroxyl groups excluding tert-OH is 4. The first-order valence-corrected chi connectivity index (χ1v) is 6.92. The molecule has 2 unspecified atom stereocenters. The average Bonchev–Trinajstić information content (AvgIpc) is 2.38. The van der Waals surface area contributed by atoms with Crippen LogP contribution in [0.4, 0.5) is 0 Å². The van der Waals surface area contributed by atoms with Crippen molar-refractivity contribution in [3.8, 4) is 0 Å². The molecule has 0 aliphatic carbocycles. The van der Waals surface area contributed by atoms with Gasteiger partial charge in [-0.05, 0) is 6.42 Å². The molecule has 1 aliphatic heterocycles. The Morgan fingerprint density at radius 2 is 1.44 bits per heavy atom. The van der Waals surface area contributed by atoms with Crippen LogP contribution in [0.3, 0.4) is 0 Å². The smallest absolute Gasteiger partial charge is 0.111 e. The van der Waals surface area contributed by atoms with Gasteiger partial charge in [-0.1, -0.05) is 39.0 Å². The van der Waals surface area contributed by atoms with Crippen molar-refractivity contribution in [3.05, 3.63) is 0 Å². The maximum Gasteiger partial charge on any atom is 0.111 e. The van der Waals surface area contributed by atoms with Gasteiger partial charge in [-0.25, -0.2) is 0 Å². The molecule has 0 aromatic carbocycles. The third-order valence-corrected chi connectivity index (χ3v) is 3.58. The minimum Gasteiger partial charge on any atom is -0.394 e. The molecule has 5 heteroatoms. The molecule has 1 saturated heterocycles. The van der Waals surface area contributed by atoms with Crippen LogP contribution in [-0.2, 0) is 4.74 Å². The number of hydrogen-bond donors (Lipinski definition) is 4. The molecule has 0 amide bonds. The predicted molar refractivity (Wildman–Crippen MR) is 67.1 cm³/mol. The van der Waals surface area contributed by atoms with Crippen molar-refractivity contribution in [2.45, 2.75) is 76.0 Å². The van der Waals surface area contributed by atoms with E-state index in [4.69, 9.17) is 9.84 Å². The molecule has 0 aromatic heterocycles. The van der Waals surface area contributed by atoms with E-state index in [0.29, 0.717) is 6.42 Å². The second-order valence-electron chi connectivity index (χ2n) is 5.07. The molecular formula is C13H26O5. The van der Waals surface area contributed by atoms with Crippen LogP contribution in [0.1, 0.15) is 45.4 Å². The molecule has 5 atom stereocenters. The summed E-state index contributed by atoms with van der Waals surface area (Å²) in [6.07, 6.45) is 1.34. The molecule has 1 aliphatic rings. The van der Waals surface area contributed by atoms with E-state index in [1.165, 1.54) is 12.8 Å². The van der Waals surface area contributed by atoms with Crippen LogP contribution in [0, 0.1) is 0 Å². The van der Waals surface area contributed by atoms with Crippen molar-refractivity contribution in [1.29, 1.82) is 0 Å². The van der Waals surface area contributed by atoms with Crippen molar-refractivity contribution < 1.29 is 25.2 Å². The number of rotatable bonds is 7. The van der Waals surface area contributed by atoms with Gasteiger partial charge in [0, 0.05) is 0 Å². The van der Waals surface area contributed by atoms with Crippen LogP contribution in [-0.4, -0.2) is 57.6 Å². The van der Waals surface area contributed by atoms with E-state index >= 15 is 0 Å². The third kappa shape index (κ3) is 4.17. The molecule has 0 spiro atoms. The van der Waals surface area contributed by atoms with Gasteiger partial charge in [0.05, 0.1) is 12.7 Å².